The van der Waals surface area contributed by atoms with Gasteiger partial charge in [-0.15, -0.1) is 0 Å². The van der Waals surface area contributed by atoms with Gasteiger partial charge < -0.3 is 14.2 Å². The largest absolute Gasteiger partial charge is 0.462 e. The topological polar surface area (TPSA) is 78.9 Å². The van der Waals surface area contributed by atoms with Crippen molar-refractivity contribution in [1.82, 2.24) is 0 Å². The number of ether oxygens (including phenoxy) is 3. The van der Waals surface area contributed by atoms with Crippen LogP contribution in [0.4, 0.5) is 0 Å². The summed E-state index contributed by atoms with van der Waals surface area (Å²) in [7, 11) is 0. The summed E-state index contributed by atoms with van der Waals surface area (Å²) in [4.78, 5) is 38.3. The summed E-state index contributed by atoms with van der Waals surface area (Å²) in [5.74, 6) is -0.844. The van der Waals surface area contributed by atoms with E-state index in [1.165, 1.54) is 295 Å². The maximum absolute atomic E-state index is 12.9. The smallest absolute Gasteiger partial charge is 0.306 e. The highest BCUT2D eigenvalue weighted by Gasteiger charge is 2.19. The molecule has 0 aliphatic rings. The molecule has 0 aliphatic heterocycles. The molecule has 6 nitrogen and oxygen atoms in total. The molecule has 1 unspecified atom stereocenters. The average molecular weight is 1120 g/mol. The van der Waals surface area contributed by atoms with Crippen molar-refractivity contribution in [2.24, 2.45) is 0 Å². The summed E-state index contributed by atoms with van der Waals surface area (Å²) in [6, 6.07) is 0. The van der Waals surface area contributed by atoms with E-state index in [1.54, 1.807) is 0 Å². The monoisotopic (exact) mass is 1120 g/mol. The van der Waals surface area contributed by atoms with Crippen LogP contribution in [-0.2, 0) is 28.6 Å². The predicted octanol–water partition coefficient (Wildman–Crippen LogP) is 24.7. The van der Waals surface area contributed by atoms with Gasteiger partial charge in [-0.1, -0.05) is 340 Å². The molecule has 0 aromatic carbocycles. The number of allylic oxidation sites excluding steroid dienone is 6. The summed E-state index contributed by atoms with van der Waals surface area (Å²) in [6.07, 6.45) is 86.2. The third-order valence-electron chi connectivity index (χ3n) is 16.4. The first kappa shape index (κ1) is 77.6. The van der Waals surface area contributed by atoms with Crippen molar-refractivity contribution in [2.75, 3.05) is 13.2 Å². The molecule has 6 heteroatoms. The van der Waals surface area contributed by atoms with Crippen molar-refractivity contribution < 1.29 is 28.6 Å². The van der Waals surface area contributed by atoms with Crippen LogP contribution >= 0.6 is 0 Å². The summed E-state index contributed by atoms with van der Waals surface area (Å²) in [6.45, 7) is 6.68. The average Bonchev–Trinajstić information content (AvgIpc) is 3.46. The molecular formula is C74H138O6. The van der Waals surface area contributed by atoms with Gasteiger partial charge in [0.25, 0.3) is 0 Å². The number of carbonyl (C=O) groups is 3. The summed E-state index contributed by atoms with van der Waals surface area (Å²) >= 11 is 0. The van der Waals surface area contributed by atoms with E-state index in [9.17, 15) is 14.4 Å². The molecule has 0 amide bonds. The standard InChI is InChI=1S/C74H138O6/c1-4-7-10-13-16-19-22-24-26-28-30-31-32-33-34-35-36-37-38-39-40-41-42-43-44-46-47-49-52-55-58-61-64-67-73(76)79-70-71(69-78-72(75)66-63-60-57-54-51-21-18-15-12-9-6-3)80-74(77)68-65-62-59-56-53-50-48-45-29-27-25-23-20-17-14-11-8-5-2/h22,24,27-30,71H,4-21,23,25-26,31-70H2,1-3H3/b24-22-,29-27-,30-28-. The van der Waals surface area contributed by atoms with E-state index in [4.69, 9.17) is 14.2 Å². The van der Waals surface area contributed by atoms with Crippen molar-refractivity contribution in [3.63, 3.8) is 0 Å². The molecule has 0 saturated carbocycles. The number of rotatable bonds is 67. The zero-order chi connectivity index (χ0) is 57.8. The fourth-order valence-corrected chi connectivity index (χ4v) is 10.9. The van der Waals surface area contributed by atoms with Crippen molar-refractivity contribution in [3.8, 4) is 0 Å². The molecule has 1 atom stereocenters. The van der Waals surface area contributed by atoms with Gasteiger partial charge in [-0.05, 0) is 77.0 Å². The van der Waals surface area contributed by atoms with Crippen LogP contribution in [0.1, 0.15) is 400 Å². The summed E-state index contributed by atoms with van der Waals surface area (Å²) < 4.78 is 17.0. The number of carbonyl (C=O) groups excluding carboxylic acids is 3. The number of unbranched alkanes of at least 4 members (excludes halogenated alkanes) is 50. The normalized spacial score (nSPS) is 12.2. The van der Waals surface area contributed by atoms with E-state index in [2.05, 4.69) is 57.2 Å². The van der Waals surface area contributed by atoms with E-state index in [0.29, 0.717) is 19.3 Å². The molecule has 0 saturated heterocycles. The quantitative estimate of drug-likeness (QED) is 0.0261. The highest BCUT2D eigenvalue weighted by atomic mass is 16.6. The Morgan fingerprint density at radius 2 is 0.450 bits per heavy atom. The Hall–Kier alpha value is -2.37. The fraction of sp³-hybridized carbons (Fsp3) is 0.878. The maximum atomic E-state index is 12.9. The zero-order valence-electron chi connectivity index (χ0n) is 54.1. The van der Waals surface area contributed by atoms with Crippen molar-refractivity contribution in [1.29, 1.82) is 0 Å². The summed E-state index contributed by atoms with van der Waals surface area (Å²) in [5.41, 5.74) is 0. The highest BCUT2D eigenvalue weighted by molar-refractivity contribution is 5.71. The van der Waals surface area contributed by atoms with Crippen LogP contribution in [0.5, 0.6) is 0 Å². The SMILES string of the molecule is CCCCCCC/C=C\C/C=C\CCCCCCCCCCCCCCCCCCCCCCCC(=O)OCC(COC(=O)CCCCCCCCCCCCC)OC(=O)CCCCCCCCC/C=C\CCCCCCCCC. The Morgan fingerprint density at radius 3 is 0.700 bits per heavy atom. The Balaban J connectivity index is 4.08. The van der Waals surface area contributed by atoms with Gasteiger partial charge in [0, 0.05) is 19.3 Å². The van der Waals surface area contributed by atoms with Gasteiger partial charge in [0.1, 0.15) is 13.2 Å². The number of hydrogen-bond donors (Lipinski definition) is 0. The lowest BCUT2D eigenvalue weighted by Crippen LogP contribution is -2.30. The van der Waals surface area contributed by atoms with Crippen molar-refractivity contribution >= 4 is 17.9 Å². The molecule has 0 aliphatic carbocycles. The Kier molecular flexibility index (Phi) is 67.1. The van der Waals surface area contributed by atoms with Gasteiger partial charge in [-0.3, -0.25) is 14.4 Å². The molecule has 0 radical (unpaired) electrons. The molecule has 0 heterocycles. The fourth-order valence-electron chi connectivity index (χ4n) is 10.9. The van der Waals surface area contributed by atoms with Crippen LogP contribution in [0.15, 0.2) is 36.5 Å². The number of esters is 3. The zero-order valence-corrected chi connectivity index (χ0v) is 54.1. The minimum atomic E-state index is -0.770. The Bertz CT molecular complexity index is 1340. The molecule has 470 valence electrons. The second-order valence-electron chi connectivity index (χ2n) is 24.5. The van der Waals surface area contributed by atoms with Crippen LogP contribution in [0.3, 0.4) is 0 Å². The van der Waals surface area contributed by atoms with Crippen molar-refractivity contribution in [3.05, 3.63) is 36.5 Å². The lowest BCUT2D eigenvalue weighted by atomic mass is 10.0. The Labute approximate surface area is 499 Å². The molecule has 80 heavy (non-hydrogen) atoms. The third-order valence-corrected chi connectivity index (χ3v) is 16.4. The van der Waals surface area contributed by atoms with Crippen LogP contribution in [0.2, 0.25) is 0 Å². The first-order valence-electron chi connectivity index (χ1n) is 36.0. The lowest BCUT2D eigenvalue weighted by molar-refractivity contribution is -0.167. The van der Waals surface area contributed by atoms with Crippen molar-refractivity contribution in [2.45, 2.75) is 406 Å². The lowest BCUT2D eigenvalue weighted by Gasteiger charge is -2.18. The predicted molar refractivity (Wildman–Crippen MR) is 349 cm³/mol. The van der Waals surface area contributed by atoms with E-state index < -0.39 is 6.10 Å². The van der Waals surface area contributed by atoms with Gasteiger partial charge in [0.2, 0.25) is 0 Å². The van der Waals surface area contributed by atoms with E-state index in [1.807, 2.05) is 0 Å². The molecule has 0 rings (SSSR count). The van der Waals surface area contributed by atoms with E-state index in [0.717, 1.165) is 64.2 Å². The van der Waals surface area contributed by atoms with Gasteiger partial charge >= 0.3 is 17.9 Å². The van der Waals surface area contributed by atoms with E-state index in [-0.39, 0.29) is 31.1 Å². The molecule has 0 fully saturated rings. The van der Waals surface area contributed by atoms with Crippen LogP contribution in [-0.4, -0.2) is 37.2 Å². The minimum Gasteiger partial charge on any atom is -0.462 e. The van der Waals surface area contributed by atoms with Crippen LogP contribution in [0, 0.1) is 0 Å². The van der Waals surface area contributed by atoms with E-state index >= 15 is 0 Å². The summed E-state index contributed by atoms with van der Waals surface area (Å²) in [5, 5.41) is 0. The maximum Gasteiger partial charge on any atom is 0.306 e. The molecular weight excluding hydrogens is 985 g/mol. The van der Waals surface area contributed by atoms with Crippen LogP contribution in [0.25, 0.3) is 0 Å². The second kappa shape index (κ2) is 69.1. The molecule has 0 aromatic rings. The highest BCUT2D eigenvalue weighted by Crippen LogP contribution is 2.18. The van der Waals surface area contributed by atoms with Gasteiger partial charge in [0.05, 0.1) is 0 Å². The second-order valence-corrected chi connectivity index (χ2v) is 24.5. The van der Waals surface area contributed by atoms with Gasteiger partial charge in [-0.25, -0.2) is 0 Å². The third kappa shape index (κ3) is 66.4. The van der Waals surface area contributed by atoms with Crippen LogP contribution < -0.4 is 0 Å². The molecule has 0 bridgehead atoms. The molecule has 0 N–H and O–H groups in total. The van der Waals surface area contributed by atoms with Gasteiger partial charge in [0.15, 0.2) is 6.10 Å². The first-order chi connectivity index (χ1) is 39.5. The first-order valence-corrected chi connectivity index (χ1v) is 36.0. The molecule has 0 aromatic heterocycles. The Morgan fingerprint density at radius 1 is 0.250 bits per heavy atom. The molecule has 0 spiro atoms. The number of hydrogen-bond acceptors (Lipinski definition) is 6. The van der Waals surface area contributed by atoms with Gasteiger partial charge in [-0.2, -0.15) is 0 Å². The minimum absolute atomic E-state index is 0.0676.